The normalized spacial score (nSPS) is 10.3. The number of nitriles is 1. The highest BCUT2D eigenvalue weighted by atomic mass is 32.2. The van der Waals surface area contributed by atoms with Gasteiger partial charge in [-0.2, -0.15) is 5.26 Å². The van der Waals surface area contributed by atoms with Crippen molar-refractivity contribution in [3.8, 4) is 11.8 Å². The van der Waals surface area contributed by atoms with E-state index in [0.29, 0.717) is 24.5 Å². The third-order valence-corrected chi connectivity index (χ3v) is 4.92. The van der Waals surface area contributed by atoms with Crippen LogP contribution in [0.15, 0.2) is 51.4 Å². The molecular formula is C16H14N4O2S2. The summed E-state index contributed by atoms with van der Waals surface area (Å²) < 4.78 is 11.8. The lowest BCUT2D eigenvalue weighted by molar-refractivity contribution is 0.344. The van der Waals surface area contributed by atoms with E-state index in [1.54, 1.807) is 30.2 Å². The van der Waals surface area contributed by atoms with E-state index in [0.717, 1.165) is 21.0 Å². The third-order valence-electron chi connectivity index (χ3n) is 2.94. The van der Waals surface area contributed by atoms with Crippen molar-refractivity contribution in [2.24, 2.45) is 0 Å². The van der Waals surface area contributed by atoms with E-state index in [1.165, 1.54) is 11.3 Å². The molecule has 0 fully saturated rings. The number of aromatic nitrogens is 2. The molecule has 0 atom stereocenters. The van der Waals surface area contributed by atoms with Crippen LogP contribution in [0, 0.1) is 11.3 Å². The molecule has 3 rings (SSSR count). The minimum absolute atomic E-state index is 0.536. The smallest absolute Gasteiger partial charge is 0.206 e. The topological polar surface area (TPSA) is 84.0 Å². The molecule has 0 aliphatic heterocycles. The zero-order chi connectivity index (χ0) is 16.6. The second-order valence-corrected chi connectivity index (χ2v) is 6.96. The highest BCUT2D eigenvalue weighted by molar-refractivity contribution is 8.01. The summed E-state index contributed by atoms with van der Waals surface area (Å²) in [5.74, 6) is 2.31. The van der Waals surface area contributed by atoms with Crippen molar-refractivity contribution in [1.29, 1.82) is 5.26 Å². The molecule has 0 saturated carbocycles. The average molecular weight is 358 g/mol. The second-order valence-electron chi connectivity index (χ2n) is 4.64. The number of nitrogens with zero attached hydrogens (tertiary/aromatic N) is 3. The van der Waals surface area contributed by atoms with Crippen LogP contribution < -0.4 is 10.1 Å². The molecule has 1 N–H and O–H groups in total. The number of nitrogens with one attached hydrogen (secondary N) is 1. The molecule has 0 saturated heterocycles. The summed E-state index contributed by atoms with van der Waals surface area (Å²) in [5.41, 5.74) is 0.594. The van der Waals surface area contributed by atoms with Crippen LogP contribution in [0.2, 0.25) is 0 Å². The third kappa shape index (κ3) is 4.75. The Labute approximate surface area is 147 Å². The van der Waals surface area contributed by atoms with Crippen molar-refractivity contribution in [3.05, 3.63) is 54.0 Å². The maximum atomic E-state index is 8.85. The molecule has 122 valence electrons. The van der Waals surface area contributed by atoms with E-state index in [2.05, 4.69) is 21.6 Å². The van der Waals surface area contributed by atoms with Crippen LogP contribution in [0.25, 0.3) is 0 Å². The Bertz CT molecular complexity index is 812. The molecule has 0 unspecified atom stereocenters. The quantitative estimate of drug-likeness (QED) is 0.484. The average Bonchev–Trinajstić information content (AvgIpc) is 3.29. The molecule has 24 heavy (non-hydrogen) atoms. The van der Waals surface area contributed by atoms with Crippen LogP contribution >= 0.6 is 23.1 Å². The van der Waals surface area contributed by atoms with Crippen molar-refractivity contribution in [1.82, 2.24) is 10.2 Å². The van der Waals surface area contributed by atoms with E-state index in [-0.39, 0.29) is 0 Å². The van der Waals surface area contributed by atoms with Gasteiger partial charge in [-0.05, 0) is 30.3 Å². The highest BCUT2D eigenvalue weighted by Crippen LogP contribution is 2.25. The summed E-state index contributed by atoms with van der Waals surface area (Å²) in [6.45, 7) is 1.12. The van der Waals surface area contributed by atoms with E-state index in [4.69, 9.17) is 14.4 Å². The second kappa shape index (κ2) is 8.38. The molecule has 1 aromatic carbocycles. The highest BCUT2D eigenvalue weighted by Gasteiger charge is 2.05. The zero-order valence-electron chi connectivity index (χ0n) is 12.6. The molecule has 2 heterocycles. The Morgan fingerprint density at radius 1 is 1.29 bits per heavy atom. The monoisotopic (exact) mass is 358 g/mol. The molecule has 2 aromatic heterocycles. The minimum Gasteiger partial charge on any atom is -0.493 e. The maximum absolute atomic E-state index is 8.85. The van der Waals surface area contributed by atoms with Gasteiger partial charge in [-0.25, -0.2) is 0 Å². The van der Waals surface area contributed by atoms with Crippen molar-refractivity contribution >= 4 is 28.2 Å². The fourth-order valence-corrected chi connectivity index (χ4v) is 3.49. The van der Waals surface area contributed by atoms with Gasteiger partial charge in [0.15, 0.2) is 4.34 Å². The number of ether oxygens (including phenoxy) is 1. The van der Waals surface area contributed by atoms with Crippen LogP contribution in [-0.4, -0.2) is 22.6 Å². The molecule has 0 amide bonds. The van der Waals surface area contributed by atoms with Crippen LogP contribution in [0.5, 0.6) is 5.75 Å². The van der Waals surface area contributed by atoms with Crippen LogP contribution in [-0.2, 0) is 6.54 Å². The summed E-state index contributed by atoms with van der Waals surface area (Å²) in [6, 6.07) is 13.0. The van der Waals surface area contributed by atoms with Gasteiger partial charge >= 0.3 is 0 Å². The number of hydrogen-bond acceptors (Lipinski definition) is 8. The Hall–Kier alpha value is -2.50. The summed E-state index contributed by atoms with van der Waals surface area (Å²) in [7, 11) is 0. The van der Waals surface area contributed by atoms with E-state index < -0.39 is 0 Å². The van der Waals surface area contributed by atoms with Crippen LogP contribution in [0.1, 0.15) is 11.3 Å². The number of rotatable bonds is 8. The molecule has 3 aromatic rings. The van der Waals surface area contributed by atoms with Gasteiger partial charge in [-0.15, -0.1) is 10.2 Å². The lowest BCUT2D eigenvalue weighted by Gasteiger charge is -2.04. The first kappa shape index (κ1) is 16.4. The molecule has 0 radical (unpaired) electrons. The standard InChI is InChI=1S/C16H14N4O2S2/c17-10-12-3-1-4-13(9-12)22-7-8-23-16-20-19-15(24-16)18-11-14-5-2-6-21-14/h1-6,9H,7-8,11H2,(H,18,19). The van der Waals surface area contributed by atoms with Gasteiger partial charge in [0, 0.05) is 5.75 Å². The fourth-order valence-electron chi connectivity index (χ4n) is 1.86. The number of hydrogen-bond donors (Lipinski definition) is 1. The van der Waals surface area contributed by atoms with Gasteiger partial charge in [0.05, 0.1) is 31.0 Å². The first-order chi connectivity index (χ1) is 11.8. The van der Waals surface area contributed by atoms with Crippen molar-refractivity contribution in [2.75, 3.05) is 17.7 Å². The predicted molar refractivity (Wildman–Crippen MR) is 93.3 cm³/mol. The molecule has 8 heteroatoms. The predicted octanol–water partition coefficient (Wildman–Crippen LogP) is 3.79. The van der Waals surface area contributed by atoms with Crippen LogP contribution in [0.3, 0.4) is 0 Å². The summed E-state index contributed by atoms with van der Waals surface area (Å²) >= 11 is 3.08. The minimum atomic E-state index is 0.536. The van der Waals surface area contributed by atoms with Gasteiger partial charge in [0.1, 0.15) is 11.5 Å². The molecule has 0 aliphatic carbocycles. The number of furan rings is 1. The van der Waals surface area contributed by atoms with Gasteiger partial charge in [0.2, 0.25) is 5.13 Å². The van der Waals surface area contributed by atoms with E-state index in [9.17, 15) is 0 Å². The SMILES string of the molecule is N#Cc1cccc(OCCSc2nnc(NCc3ccco3)s2)c1. The summed E-state index contributed by atoms with van der Waals surface area (Å²) in [5, 5.41) is 21.0. The molecular weight excluding hydrogens is 344 g/mol. The summed E-state index contributed by atoms with van der Waals surface area (Å²) in [6.07, 6.45) is 1.64. The number of anilines is 1. The van der Waals surface area contributed by atoms with E-state index in [1.807, 2.05) is 24.3 Å². The maximum Gasteiger partial charge on any atom is 0.206 e. The number of thioether (sulfide) groups is 1. The Kier molecular flexibility index (Phi) is 5.71. The first-order valence-electron chi connectivity index (χ1n) is 7.19. The lowest BCUT2D eigenvalue weighted by atomic mass is 10.2. The molecule has 0 spiro atoms. The number of benzene rings is 1. The fraction of sp³-hybridized carbons (Fsp3) is 0.188. The zero-order valence-corrected chi connectivity index (χ0v) is 14.3. The first-order valence-corrected chi connectivity index (χ1v) is 8.99. The Morgan fingerprint density at radius 3 is 3.08 bits per heavy atom. The molecule has 0 aliphatic rings. The molecule has 0 bridgehead atoms. The summed E-state index contributed by atoms with van der Waals surface area (Å²) in [4.78, 5) is 0. The largest absolute Gasteiger partial charge is 0.493 e. The van der Waals surface area contributed by atoms with Crippen LogP contribution in [0.4, 0.5) is 5.13 Å². The van der Waals surface area contributed by atoms with Gasteiger partial charge < -0.3 is 14.5 Å². The Balaban J connectivity index is 1.40. The van der Waals surface area contributed by atoms with Gasteiger partial charge in [-0.3, -0.25) is 0 Å². The lowest BCUT2D eigenvalue weighted by Crippen LogP contribution is -2.00. The van der Waals surface area contributed by atoms with Gasteiger partial charge in [-0.1, -0.05) is 29.2 Å². The Morgan fingerprint density at radius 2 is 2.25 bits per heavy atom. The van der Waals surface area contributed by atoms with Crippen molar-refractivity contribution in [3.63, 3.8) is 0 Å². The van der Waals surface area contributed by atoms with Gasteiger partial charge in [0.25, 0.3) is 0 Å². The van der Waals surface area contributed by atoms with Crippen molar-refractivity contribution in [2.45, 2.75) is 10.9 Å². The molecule has 6 nitrogen and oxygen atoms in total. The van der Waals surface area contributed by atoms with Crippen molar-refractivity contribution < 1.29 is 9.15 Å². The van der Waals surface area contributed by atoms with E-state index >= 15 is 0 Å².